The van der Waals surface area contributed by atoms with E-state index in [-0.39, 0.29) is 5.78 Å². The van der Waals surface area contributed by atoms with Crippen LogP contribution in [0.4, 0.5) is 0 Å². The molecule has 15 heavy (non-hydrogen) atoms. The Bertz CT molecular complexity index is 330. The Morgan fingerprint density at radius 1 is 1.27 bits per heavy atom. The van der Waals surface area contributed by atoms with E-state index in [0.717, 1.165) is 0 Å². The van der Waals surface area contributed by atoms with Crippen LogP contribution in [0.2, 0.25) is 0 Å². The molecule has 0 fully saturated rings. The first-order chi connectivity index (χ1) is 7.00. The molecule has 2 N–H and O–H groups in total. The molecule has 0 saturated heterocycles. The molecule has 0 aromatic heterocycles. The average molecular weight is 206 g/mol. The number of carbonyl (C=O) groups is 1. The maximum absolute atomic E-state index is 11.6. The van der Waals surface area contributed by atoms with Crippen molar-refractivity contribution in [1.29, 1.82) is 0 Å². The maximum Gasteiger partial charge on any atom is 0.488 e. The highest BCUT2D eigenvalue weighted by Gasteiger charge is 2.12. The van der Waals surface area contributed by atoms with Crippen LogP contribution in [0.25, 0.3) is 0 Å². The SMILES string of the molecule is CC(C)CC(=O)c1ccc(B(O)O)cc1. The lowest BCUT2D eigenvalue weighted by atomic mass is 9.80. The number of hydrogen-bond donors (Lipinski definition) is 2. The van der Waals surface area contributed by atoms with Crippen molar-refractivity contribution in [1.82, 2.24) is 0 Å². The predicted molar refractivity (Wildman–Crippen MR) is 60.1 cm³/mol. The van der Waals surface area contributed by atoms with E-state index in [9.17, 15) is 4.79 Å². The quantitative estimate of drug-likeness (QED) is 0.560. The summed E-state index contributed by atoms with van der Waals surface area (Å²) in [7, 11) is -1.47. The van der Waals surface area contributed by atoms with E-state index in [4.69, 9.17) is 10.0 Å². The molecular weight excluding hydrogens is 191 g/mol. The molecule has 0 amide bonds. The van der Waals surface area contributed by atoms with E-state index in [1.807, 2.05) is 13.8 Å². The fourth-order valence-electron chi connectivity index (χ4n) is 1.33. The minimum absolute atomic E-state index is 0.0870. The Labute approximate surface area is 89.9 Å². The van der Waals surface area contributed by atoms with Crippen LogP contribution in [0, 0.1) is 5.92 Å². The third kappa shape index (κ3) is 3.49. The molecule has 0 heterocycles. The van der Waals surface area contributed by atoms with E-state index >= 15 is 0 Å². The van der Waals surface area contributed by atoms with Crippen molar-refractivity contribution < 1.29 is 14.8 Å². The van der Waals surface area contributed by atoms with Crippen molar-refractivity contribution in [3.05, 3.63) is 29.8 Å². The predicted octanol–water partition coefficient (Wildman–Crippen LogP) is 0.595. The summed E-state index contributed by atoms with van der Waals surface area (Å²) in [6, 6.07) is 6.36. The zero-order valence-electron chi connectivity index (χ0n) is 8.97. The van der Waals surface area contributed by atoms with Crippen molar-refractivity contribution in [2.24, 2.45) is 5.92 Å². The summed E-state index contributed by atoms with van der Waals surface area (Å²) in [4.78, 5) is 11.6. The number of ketones is 1. The van der Waals surface area contributed by atoms with Gasteiger partial charge in [-0.15, -0.1) is 0 Å². The van der Waals surface area contributed by atoms with Gasteiger partial charge in [-0.05, 0) is 11.4 Å². The standard InChI is InChI=1S/C11H15BO3/c1-8(2)7-11(13)9-3-5-10(6-4-9)12(14)15/h3-6,8,14-15H,7H2,1-2H3. The zero-order chi connectivity index (χ0) is 11.4. The lowest BCUT2D eigenvalue weighted by Crippen LogP contribution is -2.29. The average Bonchev–Trinajstić information content (AvgIpc) is 2.17. The monoisotopic (exact) mass is 206 g/mol. The molecule has 0 aliphatic heterocycles. The van der Waals surface area contributed by atoms with Crippen LogP contribution in [0.15, 0.2) is 24.3 Å². The lowest BCUT2D eigenvalue weighted by Gasteiger charge is -2.05. The minimum Gasteiger partial charge on any atom is -0.423 e. The summed E-state index contributed by atoms with van der Waals surface area (Å²) in [5.41, 5.74) is 1.02. The fourth-order valence-corrected chi connectivity index (χ4v) is 1.33. The third-order valence-corrected chi connectivity index (χ3v) is 2.12. The van der Waals surface area contributed by atoms with Crippen LogP contribution in [-0.2, 0) is 0 Å². The summed E-state index contributed by atoms with van der Waals surface area (Å²) < 4.78 is 0. The molecule has 0 bridgehead atoms. The van der Waals surface area contributed by atoms with Crippen molar-refractivity contribution in [3.8, 4) is 0 Å². The van der Waals surface area contributed by atoms with Crippen molar-refractivity contribution in [2.45, 2.75) is 20.3 Å². The van der Waals surface area contributed by atoms with E-state index in [0.29, 0.717) is 23.4 Å². The Hall–Kier alpha value is -1.13. The molecule has 1 rings (SSSR count). The summed E-state index contributed by atoms with van der Waals surface area (Å²) in [6.07, 6.45) is 0.515. The summed E-state index contributed by atoms with van der Waals surface area (Å²) >= 11 is 0. The van der Waals surface area contributed by atoms with Gasteiger partial charge in [0.15, 0.2) is 5.78 Å². The van der Waals surface area contributed by atoms with Crippen LogP contribution >= 0.6 is 0 Å². The van der Waals surface area contributed by atoms with E-state index in [2.05, 4.69) is 0 Å². The highest BCUT2D eigenvalue weighted by atomic mass is 16.4. The third-order valence-electron chi connectivity index (χ3n) is 2.12. The number of Topliss-reactive ketones (excluding diaryl/α,β-unsaturated/α-hetero) is 1. The zero-order valence-corrected chi connectivity index (χ0v) is 8.97. The number of carbonyl (C=O) groups excluding carboxylic acids is 1. The molecule has 0 spiro atoms. The van der Waals surface area contributed by atoms with E-state index in [1.165, 1.54) is 0 Å². The first-order valence-corrected chi connectivity index (χ1v) is 5.00. The normalized spacial score (nSPS) is 10.5. The van der Waals surface area contributed by atoms with Gasteiger partial charge in [0.1, 0.15) is 0 Å². The van der Waals surface area contributed by atoms with Crippen molar-refractivity contribution in [3.63, 3.8) is 0 Å². The van der Waals surface area contributed by atoms with Crippen LogP contribution in [0.3, 0.4) is 0 Å². The second-order valence-corrected chi connectivity index (χ2v) is 4.02. The molecule has 3 nitrogen and oxygen atoms in total. The van der Waals surface area contributed by atoms with Gasteiger partial charge in [-0.1, -0.05) is 38.1 Å². The minimum atomic E-state index is -1.47. The van der Waals surface area contributed by atoms with Gasteiger partial charge in [-0.3, -0.25) is 4.79 Å². The summed E-state index contributed by atoms with van der Waals surface area (Å²) in [6.45, 7) is 3.98. The van der Waals surface area contributed by atoms with Crippen LogP contribution in [0.1, 0.15) is 30.6 Å². The lowest BCUT2D eigenvalue weighted by molar-refractivity contribution is 0.0968. The molecule has 80 valence electrons. The highest BCUT2D eigenvalue weighted by Crippen LogP contribution is 2.08. The molecule has 0 aliphatic rings. The Kier molecular flexibility index (Phi) is 4.06. The van der Waals surface area contributed by atoms with Gasteiger partial charge < -0.3 is 10.0 Å². The molecule has 1 aromatic carbocycles. The van der Waals surface area contributed by atoms with Gasteiger partial charge in [0.05, 0.1) is 0 Å². The first kappa shape index (κ1) is 11.9. The number of rotatable bonds is 4. The van der Waals surface area contributed by atoms with Gasteiger partial charge in [-0.25, -0.2) is 0 Å². The van der Waals surface area contributed by atoms with Gasteiger partial charge in [0.25, 0.3) is 0 Å². The smallest absolute Gasteiger partial charge is 0.423 e. The van der Waals surface area contributed by atoms with E-state index < -0.39 is 7.12 Å². The van der Waals surface area contributed by atoms with Crippen LogP contribution in [0.5, 0.6) is 0 Å². The second-order valence-electron chi connectivity index (χ2n) is 4.02. The molecular formula is C11H15BO3. The van der Waals surface area contributed by atoms with Crippen molar-refractivity contribution >= 4 is 18.4 Å². The largest absolute Gasteiger partial charge is 0.488 e. The topological polar surface area (TPSA) is 57.5 Å². The molecule has 0 saturated carbocycles. The highest BCUT2D eigenvalue weighted by molar-refractivity contribution is 6.58. The number of hydrogen-bond acceptors (Lipinski definition) is 3. The van der Waals surface area contributed by atoms with Crippen LogP contribution < -0.4 is 5.46 Å². The Balaban J connectivity index is 2.75. The first-order valence-electron chi connectivity index (χ1n) is 5.00. The number of benzene rings is 1. The fraction of sp³-hybridized carbons (Fsp3) is 0.364. The summed E-state index contributed by atoms with van der Waals surface area (Å²) in [5, 5.41) is 17.7. The van der Waals surface area contributed by atoms with Crippen molar-refractivity contribution in [2.75, 3.05) is 0 Å². The van der Waals surface area contributed by atoms with Gasteiger partial charge in [-0.2, -0.15) is 0 Å². The molecule has 0 unspecified atom stereocenters. The maximum atomic E-state index is 11.6. The molecule has 0 radical (unpaired) electrons. The Morgan fingerprint density at radius 3 is 2.20 bits per heavy atom. The molecule has 1 aromatic rings. The van der Waals surface area contributed by atoms with Crippen LogP contribution in [-0.4, -0.2) is 22.9 Å². The van der Waals surface area contributed by atoms with E-state index in [1.54, 1.807) is 24.3 Å². The molecule has 0 atom stereocenters. The second kappa shape index (κ2) is 5.10. The Morgan fingerprint density at radius 2 is 1.80 bits per heavy atom. The molecule has 0 aliphatic carbocycles. The molecule has 4 heteroatoms. The van der Waals surface area contributed by atoms with Gasteiger partial charge in [0, 0.05) is 12.0 Å². The van der Waals surface area contributed by atoms with Gasteiger partial charge in [0.2, 0.25) is 0 Å². The summed E-state index contributed by atoms with van der Waals surface area (Å²) in [5.74, 6) is 0.421. The van der Waals surface area contributed by atoms with Gasteiger partial charge >= 0.3 is 7.12 Å².